The molecule has 0 fully saturated rings. The van der Waals surface area contributed by atoms with Crippen LogP contribution in [0.5, 0.6) is 5.75 Å². The van der Waals surface area contributed by atoms with Gasteiger partial charge in [0.1, 0.15) is 11.6 Å². The van der Waals surface area contributed by atoms with E-state index < -0.39 is 0 Å². The van der Waals surface area contributed by atoms with Crippen molar-refractivity contribution in [2.24, 2.45) is 0 Å². The Hall–Kier alpha value is -1.86. The van der Waals surface area contributed by atoms with Gasteiger partial charge >= 0.3 is 0 Å². The van der Waals surface area contributed by atoms with E-state index in [1.807, 2.05) is 25.1 Å². The minimum atomic E-state index is 0.132. The third-order valence-corrected chi connectivity index (χ3v) is 4.80. The first-order chi connectivity index (χ1) is 12.5. The molecule has 0 bridgehead atoms. The number of aryl methyl sites for hydroxylation is 1. The average molecular weight is 423 g/mol. The Bertz CT molecular complexity index is 734. The zero-order valence-electron chi connectivity index (χ0n) is 15.6. The van der Waals surface area contributed by atoms with Crippen LogP contribution in [0.25, 0.3) is 0 Å². The first-order valence-electron chi connectivity index (χ1n) is 8.81. The molecule has 7 heteroatoms. The van der Waals surface area contributed by atoms with Gasteiger partial charge in [0.05, 0.1) is 7.11 Å². The molecule has 4 N–H and O–H groups in total. The Morgan fingerprint density at radius 2 is 2.08 bits per heavy atom. The second-order valence-electron chi connectivity index (χ2n) is 6.27. The molecule has 0 radical (unpaired) electrons. The maximum absolute atomic E-state index is 9.33. The van der Waals surface area contributed by atoms with Gasteiger partial charge in [0.2, 0.25) is 5.95 Å². The van der Waals surface area contributed by atoms with Gasteiger partial charge in [0.25, 0.3) is 0 Å². The number of hydrogen-bond donors (Lipinski definition) is 3. The van der Waals surface area contributed by atoms with E-state index in [0.717, 1.165) is 45.7 Å². The number of aliphatic hydroxyl groups is 1. The number of ether oxygens (including phenoxy) is 1. The average Bonchev–Trinajstić information content (AvgIpc) is 2.59. The molecule has 2 aromatic rings. The van der Waals surface area contributed by atoms with E-state index in [9.17, 15) is 5.11 Å². The first-order valence-corrected chi connectivity index (χ1v) is 9.60. The van der Waals surface area contributed by atoms with Crippen molar-refractivity contribution >= 4 is 27.7 Å². The molecule has 142 valence electrons. The Morgan fingerprint density at radius 3 is 2.73 bits per heavy atom. The molecule has 0 aliphatic heterocycles. The Kier molecular flexibility index (Phi) is 7.66. The van der Waals surface area contributed by atoms with Crippen LogP contribution >= 0.6 is 15.9 Å². The van der Waals surface area contributed by atoms with Crippen molar-refractivity contribution in [3.8, 4) is 5.75 Å². The van der Waals surface area contributed by atoms with Crippen molar-refractivity contribution in [2.75, 3.05) is 24.8 Å². The van der Waals surface area contributed by atoms with Crippen molar-refractivity contribution in [1.29, 1.82) is 0 Å². The molecule has 1 aromatic carbocycles. The van der Waals surface area contributed by atoms with E-state index >= 15 is 0 Å². The summed E-state index contributed by atoms with van der Waals surface area (Å²) >= 11 is 3.47. The van der Waals surface area contributed by atoms with Gasteiger partial charge < -0.3 is 20.9 Å². The Labute approximate surface area is 163 Å². The number of benzene rings is 1. The predicted octanol–water partition coefficient (Wildman–Crippen LogP) is 3.69. The number of aliphatic hydroxyl groups excluding tert-OH is 1. The van der Waals surface area contributed by atoms with Crippen LogP contribution in [0.15, 0.2) is 22.7 Å². The first kappa shape index (κ1) is 20.5. The topological polar surface area (TPSA) is 93.3 Å². The fourth-order valence-electron chi connectivity index (χ4n) is 2.99. The summed E-state index contributed by atoms with van der Waals surface area (Å²) in [5.74, 6) is 1.78. The molecule has 0 aliphatic carbocycles. The molecule has 26 heavy (non-hydrogen) atoms. The summed E-state index contributed by atoms with van der Waals surface area (Å²) in [4.78, 5) is 8.76. The van der Waals surface area contributed by atoms with Crippen LogP contribution in [0.1, 0.15) is 43.0 Å². The van der Waals surface area contributed by atoms with Crippen molar-refractivity contribution in [1.82, 2.24) is 9.97 Å². The standard InChI is InChI=1S/C19H27BrN4O2/c1-4-5-15(8-9-25)23-18-16(12(2)22-19(21)24-18)10-13-6-7-14(20)11-17(13)26-3/h6-7,11,15,25H,4-5,8-10H2,1-3H3,(H3,21,22,23,24). The molecule has 0 saturated carbocycles. The van der Waals surface area contributed by atoms with Crippen molar-refractivity contribution in [3.63, 3.8) is 0 Å². The number of nitrogens with one attached hydrogen (secondary N) is 1. The molecule has 6 nitrogen and oxygen atoms in total. The molecule has 2 rings (SSSR count). The van der Waals surface area contributed by atoms with Crippen LogP contribution in [-0.2, 0) is 6.42 Å². The van der Waals surface area contributed by atoms with E-state index in [-0.39, 0.29) is 18.6 Å². The number of rotatable bonds is 9. The van der Waals surface area contributed by atoms with Gasteiger partial charge in [-0.15, -0.1) is 0 Å². The molecule has 1 heterocycles. The van der Waals surface area contributed by atoms with Crippen molar-refractivity contribution < 1.29 is 9.84 Å². The number of hydrogen-bond acceptors (Lipinski definition) is 6. The summed E-state index contributed by atoms with van der Waals surface area (Å²) in [6.07, 6.45) is 3.26. The fraction of sp³-hybridized carbons (Fsp3) is 0.474. The summed E-state index contributed by atoms with van der Waals surface area (Å²) in [6.45, 7) is 4.19. The lowest BCUT2D eigenvalue weighted by Crippen LogP contribution is -2.23. The second kappa shape index (κ2) is 9.73. The number of nitrogens with two attached hydrogens (primary N) is 1. The molecular formula is C19H27BrN4O2. The molecule has 0 aliphatic rings. The summed E-state index contributed by atoms with van der Waals surface area (Å²) in [5, 5.41) is 12.8. The number of aromatic nitrogens is 2. The maximum Gasteiger partial charge on any atom is 0.222 e. The van der Waals surface area contributed by atoms with Crippen LogP contribution in [0, 0.1) is 6.92 Å². The Balaban J connectivity index is 2.38. The second-order valence-corrected chi connectivity index (χ2v) is 7.19. The van der Waals surface area contributed by atoms with Crippen molar-refractivity contribution in [2.45, 2.75) is 45.6 Å². The Morgan fingerprint density at radius 1 is 1.31 bits per heavy atom. The molecule has 1 unspecified atom stereocenters. The van der Waals surface area contributed by atoms with E-state index in [2.05, 4.69) is 38.1 Å². The van der Waals surface area contributed by atoms with E-state index in [0.29, 0.717) is 12.8 Å². The highest BCUT2D eigenvalue weighted by molar-refractivity contribution is 9.10. The van der Waals surface area contributed by atoms with E-state index in [1.54, 1.807) is 7.11 Å². The molecule has 1 atom stereocenters. The fourth-order valence-corrected chi connectivity index (χ4v) is 3.33. The highest BCUT2D eigenvalue weighted by Crippen LogP contribution is 2.29. The van der Waals surface area contributed by atoms with Gasteiger partial charge in [-0.1, -0.05) is 35.3 Å². The zero-order valence-corrected chi connectivity index (χ0v) is 17.1. The predicted molar refractivity (Wildman–Crippen MR) is 109 cm³/mol. The monoisotopic (exact) mass is 422 g/mol. The van der Waals surface area contributed by atoms with Crippen LogP contribution < -0.4 is 15.8 Å². The quantitative estimate of drug-likeness (QED) is 0.570. The smallest absolute Gasteiger partial charge is 0.222 e. The number of halogens is 1. The third-order valence-electron chi connectivity index (χ3n) is 4.30. The normalized spacial score (nSPS) is 12.0. The molecular weight excluding hydrogens is 396 g/mol. The van der Waals surface area contributed by atoms with Gasteiger partial charge in [-0.05, 0) is 37.5 Å². The lowest BCUT2D eigenvalue weighted by atomic mass is 10.0. The van der Waals surface area contributed by atoms with E-state index in [4.69, 9.17) is 10.5 Å². The summed E-state index contributed by atoms with van der Waals surface area (Å²) in [5.41, 5.74) is 8.75. The molecule has 0 saturated heterocycles. The van der Waals surface area contributed by atoms with Gasteiger partial charge in [0, 0.05) is 34.8 Å². The summed E-state index contributed by atoms with van der Waals surface area (Å²) in [7, 11) is 1.66. The van der Waals surface area contributed by atoms with Crippen LogP contribution in [0.2, 0.25) is 0 Å². The number of anilines is 2. The van der Waals surface area contributed by atoms with Crippen LogP contribution in [0.3, 0.4) is 0 Å². The van der Waals surface area contributed by atoms with Gasteiger partial charge in [0.15, 0.2) is 0 Å². The number of nitrogens with zero attached hydrogens (tertiary/aromatic N) is 2. The number of methoxy groups -OCH3 is 1. The van der Waals surface area contributed by atoms with Crippen LogP contribution in [-0.4, -0.2) is 34.8 Å². The summed E-state index contributed by atoms with van der Waals surface area (Å²) < 4.78 is 6.48. The lowest BCUT2D eigenvalue weighted by molar-refractivity contribution is 0.276. The minimum absolute atomic E-state index is 0.132. The third kappa shape index (κ3) is 5.32. The minimum Gasteiger partial charge on any atom is -0.496 e. The lowest BCUT2D eigenvalue weighted by Gasteiger charge is -2.21. The number of nitrogen functional groups attached to an aromatic ring is 1. The van der Waals surface area contributed by atoms with Crippen molar-refractivity contribution in [3.05, 3.63) is 39.5 Å². The molecule has 0 spiro atoms. The zero-order chi connectivity index (χ0) is 19.1. The largest absolute Gasteiger partial charge is 0.496 e. The molecule has 0 amide bonds. The van der Waals surface area contributed by atoms with Gasteiger partial charge in [-0.3, -0.25) is 0 Å². The highest BCUT2D eigenvalue weighted by atomic mass is 79.9. The van der Waals surface area contributed by atoms with Gasteiger partial charge in [-0.2, -0.15) is 4.98 Å². The maximum atomic E-state index is 9.33. The van der Waals surface area contributed by atoms with E-state index in [1.165, 1.54) is 0 Å². The van der Waals surface area contributed by atoms with Gasteiger partial charge in [-0.25, -0.2) is 4.98 Å². The van der Waals surface area contributed by atoms with Crippen LogP contribution in [0.4, 0.5) is 11.8 Å². The summed E-state index contributed by atoms with van der Waals surface area (Å²) in [6, 6.07) is 6.11. The highest BCUT2D eigenvalue weighted by Gasteiger charge is 2.17. The SMILES string of the molecule is CCCC(CCO)Nc1nc(N)nc(C)c1Cc1ccc(Br)cc1OC. The molecule has 1 aromatic heterocycles.